The zero-order valence-corrected chi connectivity index (χ0v) is 13.8. The zero-order chi connectivity index (χ0) is 15.7. The van der Waals surface area contributed by atoms with Gasteiger partial charge < -0.3 is 5.32 Å². The van der Waals surface area contributed by atoms with Crippen LogP contribution >= 0.6 is 11.3 Å². The summed E-state index contributed by atoms with van der Waals surface area (Å²) in [5, 5.41) is 3.53. The van der Waals surface area contributed by atoms with Crippen LogP contribution in [0.2, 0.25) is 0 Å². The van der Waals surface area contributed by atoms with E-state index >= 15 is 0 Å². The van der Waals surface area contributed by atoms with Crippen LogP contribution in [-0.2, 0) is 24.2 Å². The van der Waals surface area contributed by atoms with Crippen molar-refractivity contribution in [2.24, 2.45) is 5.92 Å². The fourth-order valence-electron chi connectivity index (χ4n) is 2.95. The number of aromatic nitrogens is 2. The maximum absolute atomic E-state index is 12.7. The van der Waals surface area contributed by atoms with Crippen molar-refractivity contribution in [3.8, 4) is 0 Å². The number of nitrogens with zero attached hydrogens (tertiary/aromatic N) is 2. The highest BCUT2D eigenvalue weighted by atomic mass is 32.1. The van der Waals surface area contributed by atoms with E-state index in [0.717, 1.165) is 35.9 Å². The largest absolute Gasteiger partial charge is 0.355 e. The summed E-state index contributed by atoms with van der Waals surface area (Å²) in [5.74, 6) is 0.533. The van der Waals surface area contributed by atoms with E-state index in [0.29, 0.717) is 12.5 Å². The van der Waals surface area contributed by atoms with Crippen LogP contribution in [0.4, 0.5) is 0 Å². The predicted octanol–water partition coefficient (Wildman–Crippen LogP) is 2.11. The molecule has 0 saturated carbocycles. The van der Waals surface area contributed by atoms with Gasteiger partial charge in [0.2, 0.25) is 5.91 Å². The third kappa shape index (κ3) is 2.79. The van der Waals surface area contributed by atoms with Gasteiger partial charge in [-0.25, -0.2) is 4.98 Å². The lowest BCUT2D eigenvalue weighted by Gasteiger charge is -2.17. The first-order valence-corrected chi connectivity index (χ1v) is 8.68. The minimum absolute atomic E-state index is 0.0444. The van der Waals surface area contributed by atoms with E-state index in [-0.39, 0.29) is 18.0 Å². The molecule has 0 radical (unpaired) electrons. The molecule has 0 bridgehead atoms. The van der Waals surface area contributed by atoms with Crippen molar-refractivity contribution in [3.05, 3.63) is 27.1 Å². The molecule has 0 unspecified atom stereocenters. The molecule has 0 aromatic carbocycles. The van der Waals surface area contributed by atoms with Crippen molar-refractivity contribution < 1.29 is 4.79 Å². The van der Waals surface area contributed by atoms with Crippen molar-refractivity contribution in [1.82, 2.24) is 14.9 Å². The number of carbonyl (C=O) groups is 1. The molecule has 6 heteroatoms. The number of hydrogen-bond donors (Lipinski definition) is 1. The van der Waals surface area contributed by atoms with E-state index in [4.69, 9.17) is 0 Å². The van der Waals surface area contributed by atoms with Crippen LogP contribution in [0.25, 0.3) is 10.2 Å². The summed E-state index contributed by atoms with van der Waals surface area (Å²) in [6.07, 6.45) is 5.48. The zero-order valence-electron chi connectivity index (χ0n) is 13.0. The lowest BCUT2D eigenvalue weighted by Crippen LogP contribution is -2.32. The SMILES string of the molecule is CCCNC(=O)Cn1cnc2sc3c(c2c1=O)CC[C@H](C)C3. The maximum atomic E-state index is 12.7. The lowest BCUT2D eigenvalue weighted by atomic mass is 9.89. The van der Waals surface area contributed by atoms with E-state index in [1.54, 1.807) is 11.3 Å². The highest BCUT2D eigenvalue weighted by Crippen LogP contribution is 2.35. The van der Waals surface area contributed by atoms with E-state index < -0.39 is 0 Å². The fourth-order valence-corrected chi connectivity index (χ4v) is 4.29. The van der Waals surface area contributed by atoms with Gasteiger partial charge in [0.1, 0.15) is 11.4 Å². The fraction of sp³-hybridized carbons (Fsp3) is 0.562. The topological polar surface area (TPSA) is 64.0 Å². The van der Waals surface area contributed by atoms with Crippen LogP contribution in [0.15, 0.2) is 11.1 Å². The van der Waals surface area contributed by atoms with Gasteiger partial charge in [0.05, 0.1) is 11.7 Å². The van der Waals surface area contributed by atoms with Gasteiger partial charge in [0, 0.05) is 11.4 Å². The summed E-state index contributed by atoms with van der Waals surface area (Å²) in [5.41, 5.74) is 1.09. The van der Waals surface area contributed by atoms with Crippen LogP contribution in [-0.4, -0.2) is 22.0 Å². The highest BCUT2D eigenvalue weighted by molar-refractivity contribution is 7.18. The summed E-state index contributed by atoms with van der Waals surface area (Å²) >= 11 is 1.63. The Bertz CT molecular complexity index is 763. The number of amides is 1. The number of carbonyl (C=O) groups excluding carboxylic acids is 1. The van der Waals surface area contributed by atoms with Gasteiger partial charge >= 0.3 is 0 Å². The van der Waals surface area contributed by atoms with Gasteiger partial charge in [0.15, 0.2) is 0 Å². The highest BCUT2D eigenvalue weighted by Gasteiger charge is 2.23. The number of nitrogens with one attached hydrogen (secondary N) is 1. The Morgan fingerprint density at radius 2 is 2.36 bits per heavy atom. The molecule has 0 aliphatic heterocycles. The predicted molar refractivity (Wildman–Crippen MR) is 88.4 cm³/mol. The summed E-state index contributed by atoms with van der Waals surface area (Å²) in [6, 6.07) is 0. The average Bonchev–Trinajstić information content (AvgIpc) is 2.86. The summed E-state index contributed by atoms with van der Waals surface area (Å²) in [6.45, 7) is 4.92. The summed E-state index contributed by atoms with van der Waals surface area (Å²) in [7, 11) is 0. The Morgan fingerprint density at radius 1 is 1.55 bits per heavy atom. The molecule has 3 rings (SSSR count). The molecule has 1 N–H and O–H groups in total. The van der Waals surface area contributed by atoms with Gasteiger partial charge in [-0.3, -0.25) is 14.2 Å². The summed E-state index contributed by atoms with van der Waals surface area (Å²) in [4.78, 5) is 31.1. The molecule has 1 aliphatic rings. The Morgan fingerprint density at radius 3 is 3.14 bits per heavy atom. The first kappa shape index (κ1) is 15.2. The van der Waals surface area contributed by atoms with Crippen molar-refractivity contribution >= 4 is 27.5 Å². The van der Waals surface area contributed by atoms with Gasteiger partial charge in [-0.15, -0.1) is 11.3 Å². The molecule has 0 spiro atoms. The van der Waals surface area contributed by atoms with Crippen molar-refractivity contribution in [2.45, 2.75) is 46.1 Å². The van der Waals surface area contributed by atoms with E-state index in [1.165, 1.54) is 21.3 Å². The van der Waals surface area contributed by atoms with Gasteiger partial charge in [-0.05, 0) is 37.2 Å². The average molecular weight is 319 g/mol. The molecule has 2 aromatic heterocycles. The van der Waals surface area contributed by atoms with E-state index in [1.807, 2.05) is 6.92 Å². The van der Waals surface area contributed by atoms with Crippen LogP contribution in [0.3, 0.4) is 0 Å². The van der Waals surface area contributed by atoms with Gasteiger partial charge in [0.25, 0.3) is 5.56 Å². The van der Waals surface area contributed by atoms with Crippen molar-refractivity contribution in [1.29, 1.82) is 0 Å². The van der Waals surface area contributed by atoms with Gasteiger partial charge in [-0.2, -0.15) is 0 Å². The number of rotatable bonds is 4. The molecule has 118 valence electrons. The minimum atomic E-state index is -0.136. The third-order valence-corrected chi connectivity index (χ3v) is 5.33. The normalized spacial score (nSPS) is 17.5. The van der Waals surface area contributed by atoms with Crippen LogP contribution in [0, 0.1) is 5.92 Å². The first-order chi connectivity index (χ1) is 10.6. The molecular formula is C16H21N3O2S. The molecule has 5 nitrogen and oxygen atoms in total. The number of fused-ring (bicyclic) bond motifs is 3. The molecule has 2 heterocycles. The second kappa shape index (κ2) is 6.20. The lowest BCUT2D eigenvalue weighted by molar-refractivity contribution is -0.121. The Balaban J connectivity index is 1.96. The molecule has 0 saturated heterocycles. The second-order valence-corrected chi connectivity index (χ2v) is 7.14. The third-order valence-electron chi connectivity index (χ3n) is 4.17. The molecule has 0 fully saturated rings. The van der Waals surface area contributed by atoms with Crippen molar-refractivity contribution in [2.75, 3.05) is 6.54 Å². The standard InChI is InChI=1S/C16H21N3O2S/c1-3-6-17-13(20)8-19-9-18-15-14(16(19)21)11-5-4-10(2)7-12(11)22-15/h9-10H,3-8H2,1-2H3,(H,17,20)/t10-/m0/s1. The molecular weight excluding hydrogens is 298 g/mol. The Hall–Kier alpha value is -1.69. The van der Waals surface area contributed by atoms with E-state index in [9.17, 15) is 9.59 Å². The van der Waals surface area contributed by atoms with Gasteiger partial charge in [-0.1, -0.05) is 13.8 Å². The number of aryl methyl sites for hydroxylation is 1. The molecule has 1 amide bonds. The maximum Gasteiger partial charge on any atom is 0.262 e. The smallest absolute Gasteiger partial charge is 0.262 e. The minimum Gasteiger partial charge on any atom is -0.355 e. The van der Waals surface area contributed by atoms with Crippen LogP contribution in [0.5, 0.6) is 0 Å². The molecule has 1 aliphatic carbocycles. The number of thiophene rings is 1. The monoisotopic (exact) mass is 319 g/mol. The summed E-state index contributed by atoms with van der Waals surface area (Å²) < 4.78 is 1.43. The van der Waals surface area contributed by atoms with Crippen LogP contribution in [0.1, 0.15) is 37.1 Å². The first-order valence-electron chi connectivity index (χ1n) is 7.86. The molecule has 1 atom stereocenters. The van der Waals surface area contributed by atoms with E-state index in [2.05, 4.69) is 17.2 Å². The Labute approximate surface area is 133 Å². The molecule has 2 aromatic rings. The Kier molecular flexibility index (Phi) is 4.29. The quantitative estimate of drug-likeness (QED) is 0.939. The van der Waals surface area contributed by atoms with Crippen LogP contribution < -0.4 is 10.9 Å². The number of hydrogen-bond acceptors (Lipinski definition) is 4. The second-order valence-electron chi connectivity index (χ2n) is 6.06. The molecule has 22 heavy (non-hydrogen) atoms. The van der Waals surface area contributed by atoms with Crippen molar-refractivity contribution in [3.63, 3.8) is 0 Å².